The van der Waals surface area contributed by atoms with E-state index in [0.717, 1.165) is 11.4 Å². The molecule has 0 atom stereocenters. The van der Waals surface area contributed by atoms with Crippen LogP contribution in [-0.2, 0) is 21.4 Å². The van der Waals surface area contributed by atoms with Crippen LogP contribution in [0.25, 0.3) is 0 Å². The monoisotopic (exact) mass is 456 g/mol. The van der Waals surface area contributed by atoms with Crippen molar-refractivity contribution in [2.45, 2.75) is 31.7 Å². The van der Waals surface area contributed by atoms with Gasteiger partial charge >= 0.3 is 0 Å². The molecule has 0 aliphatic carbocycles. The van der Waals surface area contributed by atoms with E-state index in [9.17, 15) is 13.2 Å². The fraction of sp³-hybridized carbons (Fsp3) is 0.273. The Balaban J connectivity index is 1.36. The minimum atomic E-state index is -3.81. The minimum Gasteiger partial charge on any atom is -0.486 e. The number of hydrogen-bond acceptors (Lipinski definition) is 6. The highest BCUT2D eigenvalue weighted by atomic mass is 32.2. The first-order valence-corrected chi connectivity index (χ1v) is 11.6. The average molecular weight is 457 g/mol. The van der Waals surface area contributed by atoms with Crippen LogP contribution in [0, 0.1) is 13.8 Å². The summed E-state index contributed by atoms with van der Waals surface area (Å²) in [5.41, 5.74) is 2.87. The highest BCUT2D eigenvalue weighted by molar-refractivity contribution is 7.92. The zero-order valence-corrected chi connectivity index (χ0v) is 18.6. The number of aromatic nitrogens is 2. The average Bonchev–Trinajstić information content (AvgIpc) is 3.10. The highest BCUT2D eigenvalue weighted by Crippen LogP contribution is 2.32. The molecule has 2 heterocycles. The first-order valence-electron chi connectivity index (χ1n) is 10.1. The van der Waals surface area contributed by atoms with Gasteiger partial charge in [0.25, 0.3) is 10.0 Å². The molecule has 0 saturated carbocycles. The summed E-state index contributed by atoms with van der Waals surface area (Å²) in [6.45, 7) is 5.15. The van der Waals surface area contributed by atoms with Crippen molar-refractivity contribution < 1.29 is 22.7 Å². The Morgan fingerprint density at radius 3 is 2.38 bits per heavy atom. The standard InChI is InChI=1S/C22H24N4O5S/c1-15-13-16(2)26(24-15)10-9-22(27)23-17-3-5-18(6-4-17)25-32(28,29)19-7-8-20-21(14-19)31-12-11-30-20/h3-8,13-14,25H,9-12H2,1-2H3,(H,23,27). The van der Waals surface area contributed by atoms with E-state index in [1.807, 2.05) is 19.9 Å². The number of fused-ring (bicyclic) bond motifs is 1. The Kier molecular flexibility index (Phi) is 6.04. The first-order chi connectivity index (χ1) is 15.3. The van der Waals surface area contributed by atoms with Gasteiger partial charge in [0, 0.05) is 36.1 Å². The predicted molar refractivity (Wildman–Crippen MR) is 120 cm³/mol. The molecule has 0 unspecified atom stereocenters. The SMILES string of the molecule is Cc1cc(C)n(CCC(=O)Nc2ccc(NS(=O)(=O)c3ccc4c(c3)OCCO4)cc2)n1. The molecule has 168 valence electrons. The Hall–Kier alpha value is -3.53. The summed E-state index contributed by atoms with van der Waals surface area (Å²) >= 11 is 0. The summed E-state index contributed by atoms with van der Waals surface area (Å²) in [6, 6.07) is 12.9. The molecule has 0 saturated heterocycles. The number of rotatable bonds is 7. The lowest BCUT2D eigenvalue weighted by atomic mass is 10.2. The zero-order chi connectivity index (χ0) is 22.7. The van der Waals surface area contributed by atoms with Crippen LogP contribution in [0.3, 0.4) is 0 Å². The molecule has 1 aliphatic heterocycles. The van der Waals surface area contributed by atoms with Crippen molar-refractivity contribution in [2.75, 3.05) is 23.3 Å². The molecule has 3 aromatic rings. The minimum absolute atomic E-state index is 0.0725. The number of benzene rings is 2. The van der Waals surface area contributed by atoms with E-state index in [1.54, 1.807) is 35.0 Å². The lowest BCUT2D eigenvalue weighted by Crippen LogP contribution is -2.17. The van der Waals surface area contributed by atoms with E-state index in [-0.39, 0.29) is 17.2 Å². The molecule has 4 rings (SSSR count). The predicted octanol–water partition coefficient (Wildman–Crippen LogP) is 3.10. The van der Waals surface area contributed by atoms with Crippen LogP contribution in [0.2, 0.25) is 0 Å². The maximum absolute atomic E-state index is 12.7. The van der Waals surface area contributed by atoms with Gasteiger partial charge in [0.15, 0.2) is 11.5 Å². The second-order valence-corrected chi connectivity index (χ2v) is 9.12. The van der Waals surface area contributed by atoms with Gasteiger partial charge in [-0.1, -0.05) is 0 Å². The summed E-state index contributed by atoms with van der Waals surface area (Å²) in [7, 11) is -3.81. The van der Waals surface area contributed by atoms with Gasteiger partial charge in [0.05, 0.1) is 10.6 Å². The van der Waals surface area contributed by atoms with Crippen molar-refractivity contribution >= 4 is 27.3 Å². The van der Waals surface area contributed by atoms with Crippen LogP contribution in [0.1, 0.15) is 17.8 Å². The van der Waals surface area contributed by atoms with Gasteiger partial charge in [-0.25, -0.2) is 8.42 Å². The molecule has 0 bridgehead atoms. The molecule has 1 aromatic heterocycles. The van der Waals surface area contributed by atoms with E-state index in [4.69, 9.17) is 9.47 Å². The fourth-order valence-corrected chi connectivity index (χ4v) is 4.43. The fourth-order valence-electron chi connectivity index (χ4n) is 3.36. The number of sulfonamides is 1. The van der Waals surface area contributed by atoms with Crippen molar-refractivity contribution in [3.63, 3.8) is 0 Å². The molecular weight excluding hydrogens is 432 g/mol. The van der Waals surface area contributed by atoms with Crippen LogP contribution in [-0.4, -0.2) is 37.3 Å². The van der Waals surface area contributed by atoms with Gasteiger partial charge in [0.1, 0.15) is 13.2 Å². The van der Waals surface area contributed by atoms with E-state index in [0.29, 0.717) is 42.6 Å². The van der Waals surface area contributed by atoms with Crippen molar-refractivity contribution in [2.24, 2.45) is 0 Å². The largest absolute Gasteiger partial charge is 0.486 e. The molecule has 0 spiro atoms. The van der Waals surface area contributed by atoms with Crippen molar-refractivity contribution in [1.29, 1.82) is 0 Å². The van der Waals surface area contributed by atoms with Crippen LogP contribution in [0.5, 0.6) is 11.5 Å². The number of ether oxygens (including phenoxy) is 2. The maximum Gasteiger partial charge on any atom is 0.262 e. The normalized spacial score (nSPS) is 12.9. The van der Waals surface area contributed by atoms with Crippen LogP contribution in [0.4, 0.5) is 11.4 Å². The van der Waals surface area contributed by atoms with Crippen molar-refractivity contribution in [3.05, 3.63) is 59.9 Å². The van der Waals surface area contributed by atoms with E-state index >= 15 is 0 Å². The lowest BCUT2D eigenvalue weighted by Gasteiger charge is -2.19. The highest BCUT2D eigenvalue weighted by Gasteiger charge is 2.19. The van der Waals surface area contributed by atoms with E-state index < -0.39 is 10.0 Å². The van der Waals surface area contributed by atoms with Gasteiger partial charge in [0.2, 0.25) is 5.91 Å². The Labute approximate surface area is 186 Å². The van der Waals surface area contributed by atoms with E-state index in [1.165, 1.54) is 12.1 Å². The second kappa shape index (κ2) is 8.91. The number of nitrogens with one attached hydrogen (secondary N) is 2. The topological polar surface area (TPSA) is 112 Å². The van der Waals surface area contributed by atoms with Crippen molar-refractivity contribution in [3.8, 4) is 11.5 Å². The molecule has 32 heavy (non-hydrogen) atoms. The Morgan fingerprint density at radius 1 is 1.00 bits per heavy atom. The molecule has 1 amide bonds. The number of aryl methyl sites for hydroxylation is 3. The molecular formula is C22H24N4O5S. The number of carbonyl (C=O) groups is 1. The van der Waals surface area contributed by atoms with E-state index in [2.05, 4.69) is 15.1 Å². The van der Waals surface area contributed by atoms with Gasteiger partial charge in [-0.15, -0.1) is 0 Å². The van der Waals surface area contributed by atoms with Gasteiger partial charge in [-0.05, 0) is 56.3 Å². The number of carbonyl (C=O) groups excluding carboxylic acids is 1. The molecule has 2 aromatic carbocycles. The number of anilines is 2. The summed E-state index contributed by atoms with van der Waals surface area (Å²) < 4.78 is 40.6. The number of amides is 1. The van der Waals surface area contributed by atoms with Crippen molar-refractivity contribution in [1.82, 2.24) is 9.78 Å². The molecule has 9 nitrogen and oxygen atoms in total. The van der Waals surface area contributed by atoms with Gasteiger partial charge in [-0.2, -0.15) is 5.10 Å². The summed E-state index contributed by atoms with van der Waals surface area (Å²) in [4.78, 5) is 12.3. The Bertz CT molecular complexity index is 1240. The molecule has 0 radical (unpaired) electrons. The molecule has 1 aliphatic rings. The molecule has 2 N–H and O–H groups in total. The van der Waals surface area contributed by atoms with Crippen LogP contribution < -0.4 is 19.5 Å². The summed E-state index contributed by atoms with van der Waals surface area (Å²) in [6.07, 6.45) is 0.278. The van der Waals surface area contributed by atoms with Gasteiger partial charge in [-0.3, -0.25) is 14.2 Å². The van der Waals surface area contributed by atoms with Gasteiger partial charge < -0.3 is 14.8 Å². The van der Waals surface area contributed by atoms with Crippen LogP contribution in [0.15, 0.2) is 53.4 Å². The smallest absolute Gasteiger partial charge is 0.262 e. The van der Waals surface area contributed by atoms with Crippen LogP contribution >= 0.6 is 0 Å². The number of hydrogen-bond donors (Lipinski definition) is 2. The summed E-state index contributed by atoms with van der Waals surface area (Å²) in [5.74, 6) is 0.771. The molecule has 0 fully saturated rings. The zero-order valence-electron chi connectivity index (χ0n) is 17.8. The third kappa shape index (κ3) is 5.02. The summed E-state index contributed by atoms with van der Waals surface area (Å²) in [5, 5.41) is 7.15. The third-order valence-electron chi connectivity index (χ3n) is 4.90. The lowest BCUT2D eigenvalue weighted by molar-refractivity contribution is -0.116. The quantitative estimate of drug-likeness (QED) is 0.565. The third-order valence-corrected chi connectivity index (χ3v) is 6.28. The first kappa shape index (κ1) is 21.7. The maximum atomic E-state index is 12.7. The number of nitrogens with zero attached hydrogens (tertiary/aromatic N) is 2. The molecule has 10 heteroatoms. The Morgan fingerprint density at radius 2 is 1.69 bits per heavy atom. The second-order valence-electron chi connectivity index (χ2n) is 7.44.